The lowest BCUT2D eigenvalue weighted by molar-refractivity contribution is -0.129. The van der Waals surface area contributed by atoms with Gasteiger partial charge in [0, 0.05) is 12.4 Å². The van der Waals surface area contributed by atoms with Gasteiger partial charge in [0.2, 0.25) is 5.91 Å². The zero-order valence-corrected chi connectivity index (χ0v) is 15.1. The summed E-state index contributed by atoms with van der Waals surface area (Å²) < 4.78 is 11.0. The summed E-state index contributed by atoms with van der Waals surface area (Å²) in [7, 11) is 1.78. The fourth-order valence-corrected chi connectivity index (χ4v) is 3.04. The molecule has 0 N–H and O–H groups in total. The maximum Gasteiger partial charge on any atom is 0.228 e. The van der Waals surface area contributed by atoms with Gasteiger partial charge in [-0.15, -0.1) is 11.3 Å². The molecule has 0 unspecified atom stereocenters. The molecule has 25 heavy (non-hydrogen) atoms. The Balaban J connectivity index is 1.47. The van der Waals surface area contributed by atoms with Gasteiger partial charge >= 0.3 is 0 Å². The standard InChI is InChI=1S/C19H20N2O3S/c1-14-5-7-16(8-6-14)23-11-9-21(2)18(22)12-15-13-25-19(20-15)17-4-3-10-24-17/h3-8,10,13H,9,11-12H2,1-2H3. The first-order valence-electron chi connectivity index (χ1n) is 8.03. The largest absolute Gasteiger partial charge is 0.492 e. The number of carbonyl (C=O) groups excluding carboxylic acids is 1. The molecule has 3 aromatic rings. The zero-order chi connectivity index (χ0) is 17.6. The van der Waals surface area contributed by atoms with Crippen LogP contribution in [0.1, 0.15) is 11.3 Å². The van der Waals surface area contributed by atoms with Crippen molar-refractivity contribution in [2.75, 3.05) is 20.2 Å². The van der Waals surface area contributed by atoms with E-state index < -0.39 is 0 Å². The number of thiazole rings is 1. The number of nitrogens with zero attached hydrogens (tertiary/aromatic N) is 2. The highest BCUT2D eigenvalue weighted by Gasteiger charge is 2.13. The molecule has 2 heterocycles. The van der Waals surface area contributed by atoms with E-state index in [2.05, 4.69) is 4.98 Å². The normalized spacial score (nSPS) is 10.6. The highest BCUT2D eigenvalue weighted by Crippen LogP contribution is 2.24. The van der Waals surface area contributed by atoms with Gasteiger partial charge in [0.25, 0.3) is 0 Å². The Labute approximate surface area is 150 Å². The van der Waals surface area contributed by atoms with Crippen LogP contribution in [0.5, 0.6) is 5.75 Å². The summed E-state index contributed by atoms with van der Waals surface area (Å²) >= 11 is 1.48. The van der Waals surface area contributed by atoms with Gasteiger partial charge in [0.05, 0.1) is 24.9 Å². The van der Waals surface area contributed by atoms with Gasteiger partial charge < -0.3 is 14.1 Å². The monoisotopic (exact) mass is 356 g/mol. The van der Waals surface area contributed by atoms with Gasteiger partial charge in [0.15, 0.2) is 10.8 Å². The molecule has 0 atom stereocenters. The summed E-state index contributed by atoms with van der Waals surface area (Å²) in [5.41, 5.74) is 1.95. The number of carbonyl (C=O) groups is 1. The van der Waals surface area contributed by atoms with E-state index >= 15 is 0 Å². The first-order chi connectivity index (χ1) is 12.1. The van der Waals surface area contributed by atoms with E-state index in [-0.39, 0.29) is 12.3 Å². The fraction of sp³-hybridized carbons (Fsp3) is 0.263. The van der Waals surface area contributed by atoms with Crippen molar-refractivity contribution >= 4 is 17.2 Å². The zero-order valence-electron chi connectivity index (χ0n) is 14.3. The van der Waals surface area contributed by atoms with Crippen molar-refractivity contribution in [2.45, 2.75) is 13.3 Å². The molecule has 0 fully saturated rings. The van der Waals surface area contributed by atoms with Crippen LogP contribution in [0, 0.1) is 6.92 Å². The van der Waals surface area contributed by atoms with Gasteiger partial charge in [0.1, 0.15) is 12.4 Å². The third kappa shape index (κ3) is 4.70. The minimum Gasteiger partial charge on any atom is -0.492 e. The van der Waals surface area contributed by atoms with Crippen molar-refractivity contribution in [3.8, 4) is 16.5 Å². The summed E-state index contributed by atoms with van der Waals surface area (Å²) in [5, 5.41) is 2.69. The number of hydrogen-bond acceptors (Lipinski definition) is 5. The number of amides is 1. The third-order valence-electron chi connectivity index (χ3n) is 3.76. The number of aryl methyl sites for hydroxylation is 1. The van der Waals surface area contributed by atoms with Crippen LogP contribution < -0.4 is 4.74 Å². The molecule has 0 radical (unpaired) electrons. The Morgan fingerprint density at radius 2 is 2.08 bits per heavy atom. The van der Waals surface area contributed by atoms with Crippen molar-refractivity contribution in [2.24, 2.45) is 0 Å². The number of likely N-dealkylation sites (N-methyl/N-ethyl adjacent to an activating group) is 1. The van der Waals surface area contributed by atoms with Crippen LogP contribution in [-0.4, -0.2) is 36.0 Å². The van der Waals surface area contributed by atoms with Crippen molar-refractivity contribution in [1.29, 1.82) is 0 Å². The lowest BCUT2D eigenvalue weighted by atomic mass is 10.2. The Kier molecular flexibility index (Phi) is 5.50. The van der Waals surface area contributed by atoms with Crippen LogP contribution in [0.2, 0.25) is 0 Å². The SMILES string of the molecule is Cc1ccc(OCCN(C)C(=O)Cc2csc(-c3ccco3)n2)cc1. The molecule has 5 nitrogen and oxygen atoms in total. The third-order valence-corrected chi connectivity index (χ3v) is 4.66. The lowest BCUT2D eigenvalue weighted by Crippen LogP contribution is -2.32. The summed E-state index contributed by atoms with van der Waals surface area (Å²) in [6, 6.07) is 11.6. The molecule has 130 valence electrons. The molecule has 2 aromatic heterocycles. The molecule has 0 spiro atoms. The van der Waals surface area contributed by atoms with Crippen molar-refractivity contribution in [3.63, 3.8) is 0 Å². The molecule has 0 aliphatic rings. The van der Waals surface area contributed by atoms with E-state index in [0.717, 1.165) is 22.2 Å². The average Bonchev–Trinajstić information content (AvgIpc) is 3.27. The maximum atomic E-state index is 12.3. The predicted molar refractivity (Wildman–Crippen MR) is 97.8 cm³/mol. The molecule has 1 aromatic carbocycles. The predicted octanol–water partition coefficient (Wildman–Crippen LogP) is 3.79. The minimum atomic E-state index is 0.0174. The fourth-order valence-electron chi connectivity index (χ4n) is 2.25. The maximum absolute atomic E-state index is 12.3. The molecule has 0 aliphatic carbocycles. The van der Waals surface area contributed by atoms with Crippen molar-refractivity contribution in [1.82, 2.24) is 9.88 Å². The molecular weight excluding hydrogens is 336 g/mol. The number of furan rings is 1. The summed E-state index contributed by atoms with van der Waals surface area (Å²) in [6.07, 6.45) is 1.89. The Morgan fingerprint density at radius 3 is 2.80 bits per heavy atom. The molecule has 0 bridgehead atoms. The molecule has 0 saturated carbocycles. The van der Waals surface area contributed by atoms with E-state index in [0.29, 0.717) is 13.2 Å². The summed E-state index contributed by atoms with van der Waals surface area (Å²) in [5.74, 6) is 1.56. The van der Waals surface area contributed by atoms with Crippen molar-refractivity contribution in [3.05, 3.63) is 59.3 Å². The van der Waals surface area contributed by atoms with Gasteiger partial charge in [-0.3, -0.25) is 4.79 Å². The lowest BCUT2D eigenvalue weighted by Gasteiger charge is -2.17. The van der Waals surface area contributed by atoms with Crippen LogP contribution in [0.25, 0.3) is 10.8 Å². The highest BCUT2D eigenvalue weighted by molar-refractivity contribution is 7.13. The number of rotatable bonds is 7. The Morgan fingerprint density at radius 1 is 1.28 bits per heavy atom. The highest BCUT2D eigenvalue weighted by atomic mass is 32.1. The number of ether oxygens (including phenoxy) is 1. The molecule has 0 saturated heterocycles. The second kappa shape index (κ2) is 7.98. The smallest absolute Gasteiger partial charge is 0.228 e. The van der Waals surface area contributed by atoms with E-state index in [1.54, 1.807) is 18.2 Å². The number of aromatic nitrogens is 1. The van der Waals surface area contributed by atoms with E-state index in [1.807, 2.05) is 48.7 Å². The molecule has 6 heteroatoms. The van der Waals surface area contributed by atoms with Crippen LogP contribution in [0.3, 0.4) is 0 Å². The molecule has 0 aliphatic heterocycles. The number of hydrogen-bond donors (Lipinski definition) is 0. The van der Waals surface area contributed by atoms with E-state index in [1.165, 1.54) is 16.9 Å². The van der Waals surface area contributed by atoms with Gasteiger partial charge in [-0.2, -0.15) is 0 Å². The minimum absolute atomic E-state index is 0.0174. The second-order valence-electron chi connectivity index (χ2n) is 5.77. The van der Waals surface area contributed by atoms with E-state index in [9.17, 15) is 4.79 Å². The van der Waals surface area contributed by atoms with Gasteiger partial charge in [-0.05, 0) is 31.2 Å². The first-order valence-corrected chi connectivity index (χ1v) is 8.91. The summed E-state index contributed by atoms with van der Waals surface area (Å²) in [4.78, 5) is 18.4. The van der Waals surface area contributed by atoms with E-state index in [4.69, 9.17) is 9.15 Å². The van der Waals surface area contributed by atoms with Gasteiger partial charge in [-0.25, -0.2) is 4.98 Å². The second-order valence-corrected chi connectivity index (χ2v) is 6.63. The molecule has 3 rings (SSSR count). The van der Waals surface area contributed by atoms with Gasteiger partial charge in [-0.1, -0.05) is 17.7 Å². The average molecular weight is 356 g/mol. The first kappa shape index (κ1) is 17.2. The topological polar surface area (TPSA) is 55.6 Å². The summed E-state index contributed by atoms with van der Waals surface area (Å²) in [6.45, 7) is 3.02. The quantitative estimate of drug-likeness (QED) is 0.646. The number of benzene rings is 1. The van der Waals surface area contributed by atoms with Crippen LogP contribution in [0.15, 0.2) is 52.5 Å². The Bertz CT molecular complexity index is 810. The molecule has 1 amide bonds. The Hall–Kier alpha value is -2.60. The molecular formula is C19H20N2O3S. The van der Waals surface area contributed by atoms with Crippen molar-refractivity contribution < 1.29 is 13.9 Å². The van der Waals surface area contributed by atoms with Crippen LogP contribution in [-0.2, 0) is 11.2 Å². The van der Waals surface area contributed by atoms with Crippen LogP contribution in [0.4, 0.5) is 0 Å². The van der Waals surface area contributed by atoms with Crippen LogP contribution >= 0.6 is 11.3 Å².